The first kappa shape index (κ1) is 32.9. The van der Waals surface area contributed by atoms with Crippen molar-refractivity contribution in [2.45, 2.75) is 148 Å². The Balaban J connectivity index is 1.74. The zero-order valence-corrected chi connectivity index (χ0v) is 28.0. The summed E-state index contributed by atoms with van der Waals surface area (Å²) in [5.41, 5.74) is 2.65. The molecule has 7 heteroatoms. The number of hydrogen-bond donors (Lipinski definition) is 1. The smallest absolute Gasteiger partial charge is 0.183 e. The second-order valence-electron chi connectivity index (χ2n) is 14.2. The molecule has 2 aliphatic carbocycles. The van der Waals surface area contributed by atoms with Crippen LogP contribution in [-0.4, -0.2) is 76.9 Å². The predicted molar refractivity (Wildman–Crippen MR) is 168 cm³/mol. The minimum Gasteiger partial charge on any atom is -0.418 e. The van der Waals surface area contributed by atoms with Crippen LogP contribution in [0.25, 0.3) is 0 Å². The first-order valence-electron chi connectivity index (χ1n) is 16.0. The fraction of sp³-hybridized carbons (Fsp3) is 0.938. The van der Waals surface area contributed by atoms with Crippen molar-refractivity contribution in [3.8, 4) is 0 Å². The van der Waals surface area contributed by atoms with E-state index in [0.717, 1.165) is 45.1 Å². The van der Waals surface area contributed by atoms with Crippen molar-refractivity contribution in [1.29, 1.82) is 0 Å². The Bertz CT molecular complexity index is 789. The quantitative estimate of drug-likeness (QED) is 0.168. The lowest BCUT2D eigenvalue weighted by Crippen LogP contribution is -2.51. The van der Waals surface area contributed by atoms with E-state index in [1.807, 2.05) is 14.2 Å². The zero-order valence-electron chi connectivity index (χ0n) is 27.0. The van der Waals surface area contributed by atoms with Crippen molar-refractivity contribution in [2.24, 2.45) is 33.7 Å². The van der Waals surface area contributed by atoms with Gasteiger partial charge < -0.3 is 19.2 Å². The van der Waals surface area contributed by atoms with Gasteiger partial charge in [-0.3, -0.25) is 9.98 Å². The molecule has 1 N–H and O–H groups in total. The molecule has 0 bridgehead atoms. The Kier molecular flexibility index (Phi) is 12.7. The summed E-state index contributed by atoms with van der Waals surface area (Å²) in [6, 6.07) is 1.44. The van der Waals surface area contributed by atoms with Gasteiger partial charge in [-0.05, 0) is 108 Å². The minimum atomic E-state index is -1.50. The molecule has 0 aromatic heterocycles. The number of rotatable bonds is 11. The van der Waals surface area contributed by atoms with E-state index in [4.69, 9.17) is 23.9 Å². The fourth-order valence-corrected chi connectivity index (χ4v) is 8.19. The Labute approximate surface area is 241 Å². The number of piperidine rings is 1. The van der Waals surface area contributed by atoms with Gasteiger partial charge in [-0.15, -0.1) is 0 Å². The first-order valence-corrected chi connectivity index (χ1v) is 19.4. The van der Waals surface area contributed by atoms with Crippen molar-refractivity contribution in [2.75, 3.05) is 20.8 Å². The Hall–Kier alpha value is -0.603. The van der Waals surface area contributed by atoms with E-state index < -0.39 is 8.32 Å². The predicted octanol–water partition coefficient (Wildman–Crippen LogP) is 6.93. The molecule has 6 unspecified atom stereocenters. The van der Waals surface area contributed by atoms with E-state index in [-0.39, 0.29) is 0 Å². The maximum absolute atomic E-state index is 6.23. The Morgan fingerprint density at radius 3 is 1.74 bits per heavy atom. The summed E-state index contributed by atoms with van der Waals surface area (Å²) in [6.45, 7) is 19.4. The molecule has 0 radical (unpaired) electrons. The Morgan fingerprint density at radius 2 is 1.26 bits per heavy atom. The number of ether oxygens (including phenoxy) is 2. The molecular formula is C32H61N3O3Si. The molecule has 0 amide bonds. The van der Waals surface area contributed by atoms with E-state index in [1.54, 1.807) is 0 Å². The van der Waals surface area contributed by atoms with Gasteiger partial charge in [0, 0.05) is 44.3 Å². The van der Waals surface area contributed by atoms with Crippen LogP contribution in [0.5, 0.6) is 0 Å². The third-order valence-electron chi connectivity index (χ3n) is 9.61. The summed E-state index contributed by atoms with van der Waals surface area (Å²) in [7, 11) is 2.21. The zero-order chi connectivity index (χ0) is 28.7. The van der Waals surface area contributed by atoms with Gasteiger partial charge in [0.05, 0.1) is 24.3 Å². The maximum Gasteiger partial charge on any atom is 0.183 e. The van der Waals surface area contributed by atoms with Crippen LogP contribution in [0.15, 0.2) is 9.98 Å². The molecule has 6 nitrogen and oxygen atoms in total. The van der Waals surface area contributed by atoms with Gasteiger partial charge in [-0.1, -0.05) is 27.7 Å². The molecular weight excluding hydrogens is 502 g/mol. The monoisotopic (exact) mass is 563 g/mol. The lowest BCUT2D eigenvalue weighted by atomic mass is 9.77. The Morgan fingerprint density at radius 1 is 0.769 bits per heavy atom. The lowest BCUT2D eigenvalue weighted by molar-refractivity contribution is 0.0267. The third kappa shape index (κ3) is 9.73. The molecule has 39 heavy (non-hydrogen) atoms. The standard InChI is InChI=1S/C32H61N3O3Si/c1-21-17-26(36-6)18-22(2)31(21)33-25(5)28-13-11-14-29(34-28)30(15-12-16-38-39(8,9)10)35-32-23(3)19-27(37-7)20-24(32)4/h21-24,26-29,31-32,34H,11-20H2,1-10H3. The van der Waals surface area contributed by atoms with Crippen LogP contribution in [0.3, 0.4) is 0 Å². The van der Waals surface area contributed by atoms with Gasteiger partial charge in [0.15, 0.2) is 8.32 Å². The SMILES string of the molecule is COC1CC(C)C(N=C(C)C2CCCC(C(CCCO[Si](C)(C)C)=NC3C(C)CC(OC)CC3C)N2)C(C)C1. The third-order valence-corrected chi connectivity index (χ3v) is 10.7. The second kappa shape index (κ2) is 15.0. The summed E-state index contributed by atoms with van der Waals surface area (Å²) in [5, 5.41) is 4.05. The van der Waals surface area contributed by atoms with Crippen molar-refractivity contribution in [1.82, 2.24) is 5.32 Å². The van der Waals surface area contributed by atoms with Crippen molar-refractivity contribution in [3.63, 3.8) is 0 Å². The number of nitrogens with one attached hydrogen (secondary N) is 1. The fourth-order valence-electron chi connectivity index (χ4n) is 7.43. The minimum absolute atomic E-state index is 0.333. The van der Waals surface area contributed by atoms with Crippen molar-refractivity contribution in [3.05, 3.63) is 0 Å². The molecule has 6 atom stereocenters. The van der Waals surface area contributed by atoms with Gasteiger partial charge in [0.1, 0.15) is 0 Å². The van der Waals surface area contributed by atoms with Crippen LogP contribution < -0.4 is 5.32 Å². The summed E-state index contributed by atoms with van der Waals surface area (Å²) >= 11 is 0. The molecule has 1 saturated heterocycles. The molecule has 0 aromatic rings. The van der Waals surface area contributed by atoms with E-state index in [0.29, 0.717) is 60.0 Å². The summed E-state index contributed by atoms with van der Waals surface area (Å²) in [6.07, 6.45) is 10.8. The molecule has 2 saturated carbocycles. The number of aliphatic imine (C=N–C) groups is 2. The molecule has 1 heterocycles. The van der Waals surface area contributed by atoms with E-state index in [9.17, 15) is 0 Å². The van der Waals surface area contributed by atoms with Crippen LogP contribution in [-0.2, 0) is 13.9 Å². The largest absolute Gasteiger partial charge is 0.418 e. The first-order chi connectivity index (χ1) is 18.4. The average molecular weight is 564 g/mol. The molecule has 3 fully saturated rings. The average Bonchev–Trinajstić information content (AvgIpc) is 2.88. The second-order valence-corrected chi connectivity index (χ2v) is 18.7. The molecule has 0 aromatic carbocycles. The summed E-state index contributed by atoms with van der Waals surface area (Å²) < 4.78 is 17.7. The van der Waals surface area contributed by atoms with Gasteiger partial charge >= 0.3 is 0 Å². The molecule has 3 aliphatic rings. The van der Waals surface area contributed by atoms with E-state index >= 15 is 0 Å². The molecule has 3 rings (SSSR count). The normalized spacial score (nSPS) is 39.1. The molecule has 1 aliphatic heterocycles. The highest BCUT2D eigenvalue weighted by molar-refractivity contribution is 6.69. The molecule has 226 valence electrons. The van der Waals surface area contributed by atoms with E-state index in [2.05, 4.69) is 59.6 Å². The van der Waals surface area contributed by atoms with Crippen LogP contribution in [0, 0.1) is 23.7 Å². The van der Waals surface area contributed by atoms with Crippen LogP contribution in [0.4, 0.5) is 0 Å². The van der Waals surface area contributed by atoms with Crippen LogP contribution in [0.2, 0.25) is 19.6 Å². The van der Waals surface area contributed by atoms with Crippen molar-refractivity contribution < 1.29 is 13.9 Å². The topological polar surface area (TPSA) is 64.4 Å². The highest BCUT2D eigenvalue weighted by atomic mass is 28.4. The van der Waals surface area contributed by atoms with Gasteiger partial charge in [0.25, 0.3) is 0 Å². The summed E-state index contributed by atoms with van der Waals surface area (Å²) in [4.78, 5) is 10.9. The maximum atomic E-state index is 6.23. The van der Waals surface area contributed by atoms with Gasteiger partial charge in [0.2, 0.25) is 0 Å². The van der Waals surface area contributed by atoms with Crippen LogP contribution >= 0.6 is 0 Å². The highest BCUT2D eigenvalue weighted by Gasteiger charge is 2.36. The van der Waals surface area contributed by atoms with Crippen molar-refractivity contribution >= 4 is 19.7 Å². The molecule has 0 spiro atoms. The lowest BCUT2D eigenvalue weighted by Gasteiger charge is -2.39. The van der Waals surface area contributed by atoms with E-state index in [1.165, 1.54) is 30.7 Å². The highest BCUT2D eigenvalue weighted by Crippen LogP contribution is 2.35. The number of hydrogen-bond acceptors (Lipinski definition) is 6. The van der Waals surface area contributed by atoms with Crippen LogP contribution in [0.1, 0.15) is 92.4 Å². The number of nitrogens with zero attached hydrogens (tertiary/aromatic N) is 2. The van der Waals surface area contributed by atoms with Gasteiger partial charge in [-0.2, -0.15) is 0 Å². The van der Waals surface area contributed by atoms with Gasteiger partial charge in [-0.25, -0.2) is 0 Å². The summed E-state index contributed by atoms with van der Waals surface area (Å²) in [5.74, 6) is 2.20. The number of methoxy groups -OCH3 is 2.